The van der Waals surface area contributed by atoms with Crippen molar-refractivity contribution in [3.63, 3.8) is 0 Å². The quantitative estimate of drug-likeness (QED) is 0.860. The molecule has 0 aromatic carbocycles. The van der Waals surface area contributed by atoms with E-state index in [1.54, 1.807) is 0 Å². The molecule has 0 spiro atoms. The second-order valence-electron chi connectivity index (χ2n) is 7.33. The lowest BCUT2D eigenvalue weighted by Crippen LogP contribution is -2.49. The number of nitrogens with two attached hydrogens (primary N) is 1. The van der Waals surface area contributed by atoms with Crippen molar-refractivity contribution in [3.8, 4) is 0 Å². The molecule has 3 aliphatic rings. The van der Waals surface area contributed by atoms with Gasteiger partial charge in [-0.15, -0.1) is 0 Å². The van der Waals surface area contributed by atoms with Gasteiger partial charge in [-0.05, 0) is 70.1 Å². The standard InChI is InChI=1S/C17H33N3/c1-2-14-6-7-15(12-18)17(11-14)20-10-4-9-19-8-3-5-16(19)13-20/h14-17H,2-13,18H2,1H3. The molecule has 0 aromatic heterocycles. The largest absolute Gasteiger partial charge is 0.330 e. The van der Waals surface area contributed by atoms with Crippen LogP contribution in [0.5, 0.6) is 0 Å². The summed E-state index contributed by atoms with van der Waals surface area (Å²) in [4.78, 5) is 5.59. The van der Waals surface area contributed by atoms with E-state index in [2.05, 4.69) is 16.7 Å². The van der Waals surface area contributed by atoms with Crippen molar-refractivity contribution in [2.24, 2.45) is 17.6 Å². The second-order valence-corrected chi connectivity index (χ2v) is 7.33. The third-order valence-electron chi connectivity index (χ3n) is 6.25. The summed E-state index contributed by atoms with van der Waals surface area (Å²) in [6.07, 6.45) is 9.75. The van der Waals surface area contributed by atoms with Crippen LogP contribution in [-0.2, 0) is 0 Å². The monoisotopic (exact) mass is 279 g/mol. The molecule has 4 atom stereocenters. The van der Waals surface area contributed by atoms with Gasteiger partial charge >= 0.3 is 0 Å². The number of rotatable bonds is 3. The molecular formula is C17H33N3. The van der Waals surface area contributed by atoms with E-state index in [4.69, 9.17) is 5.73 Å². The maximum atomic E-state index is 6.10. The Morgan fingerprint density at radius 3 is 2.60 bits per heavy atom. The molecule has 116 valence electrons. The van der Waals surface area contributed by atoms with Crippen molar-refractivity contribution < 1.29 is 0 Å². The van der Waals surface area contributed by atoms with E-state index in [0.717, 1.165) is 30.5 Å². The molecule has 0 radical (unpaired) electrons. The first kappa shape index (κ1) is 14.8. The summed E-state index contributed by atoms with van der Waals surface area (Å²) < 4.78 is 0. The summed E-state index contributed by atoms with van der Waals surface area (Å²) in [6, 6.07) is 1.62. The molecule has 0 aromatic rings. The summed E-state index contributed by atoms with van der Waals surface area (Å²) >= 11 is 0. The van der Waals surface area contributed by atoms with Gasteiger partial charge in [-0.3, -0.25) is 9.80 Å². The minimum Gasteiger partial charge on any atom is -0.330 e. The lowest BCUT2D eigenvalue weighted by molar-refractivity contribution is 0.0742. The summed E-state index contributed by atoms with van der Waals surface area (Å²) in [7, 11) is 0. The Morgan fingerprint density at radius 2 is 1.80 bits per heavy atom. The fourth-order valence-electron chi connectivity index (χ4n) is 4.92. The first-order valence-corrected chi connectivity index (χ1v) is 9.00. The van der Waals surface area contributed by atoms with Gasteiger partial charge in [-0.1, -0.05) is 19.8 Å². The van der Waals surface area contributed by atoms with Crippen LogP contribution in [0.15, 0.2) is 0 Å². The van der Waals surface area contributed by atoms with Crippen molar-refractivity contribution >= 4 is 0 Å². The third kappa shape index (κ3) is 3.05. The van der Waals surface area contributed by atoms with E-state index in [-0.39, 0.29) is 0 Å². The van der Waals surface area contributed by atoms with Gasteiger partial charge in [-0.25, -0.2) is 0 Å². The van der Waals surface area contributed by atoms with Gasteiger partial charge in [0.25, 0.3) is 0 Å². The molecule has 4 unspecified atom stereocenters. The highest BCUT2D eigenvalue weighted by Crippen LogP contribution is 2.35. The van der Waals surface area contributed by atoms with Gasteiger partial charge < -0.3 is 5.73 Å². The lowest BCUT2D eigenvalue weighted by Gasteiger charge is -2.43. The second kappa shape index (κ2) is 6.76. The minimum absolute atomic E-state index is 0.755. The van der Waals surface area contributed by atoms with Gasteiger partial charge in [0, 0.05) is 18.6 Å². The van der Waals surface area contributed by atoms with Crippen molar-refractivity contribution in [2.45, 2.75) is 64.0 Å². The molecule has 0 amide bonds. The zero-order chi connectivity index (χ0) is 13.9. The van der Waals surface area contributed by atoms with Crippen LogP contribution >= 0.6 is 0 Å². The van der Waals surface area contributed by atoms with Crippen LogP contribution in [0.4, 0.5) is 0 Å². The summed E-state index contributed by atoms with van der Waals surface area (Å²) in [6.45, 7) is 8.57. The number of fused-ring (bicyclic) bond motifs is 1. The molecule has 0 bridgehead atoms. The van der Waals surface area contributed by atoms with Crippen LogP contribution in [0.3, 0.4) is 0 Å². The molecule has 2 saturated heterocycles. The molecule has 1 aliphatic carbocycles. The highest BCUT2D eigenvalue weighted by Gasteiger charge is 2.36. The predicted molar refractivity (Wildman–Crippen MR) is 84.7 cm³/mol. The van der Waals surface area contributed by atoms with Crippen molar-refractivity contribution in [2.75, 3.05) is 32.7 Å². The van der Waals surface area contributed by atoms with E-state index >= 15 is 0 Å². The van der Waals surface area contributed by atoms with Crippen molar-refractivity contribution in [3.05, 3.63) is 0 Å². The smallest absolute Gasteiger partial charge is 0.0223 e. The highest BCUT2D eigenvalue weighted by molar-refractivity contribution is 4.92. The SMILES string of the molecule is CCC1CCC(CN)C(N2CCCN3CCCC3C2)C1. The van der Waals surface area contributed by atoms with Crippen LogP contribution < -0.4 is 5.73 Å². The molecule has 3 rings (SSSR count). The van der Waals surface area contributed by atoms with Gasteiger partial charge in [0.2, 0.25) is 0 Å². The van der Waals surface area contributed by atoms with Crippen LogP contribution in [0.25, 0.3) is 0 Å². The third-order valence-corrected chi connectivity index (χ3v) is 6.25. The predicted octanol–water partition coefficient (Wildman–Crippen LogP) is 2.31. The molecular weight excluding hydrogens is 246 g/mol. The van der Waals surface area contributed by atoms with Gasteiger partial charge in [0.05, 0.1) is 0 Å². The summed E-state index contributed by atoms with van der Waals surface area (Å²) in [5.74, 6) is 1.71. The molecule has 3 heteroatoms. The van der Waals surface area contributed by atoms with Crippen LogP contribution in [0.1, 0.15) is 51.9 Å². The highest BCUT2D eigenvalue weighted by atomic mass is 15.3. The Morgan fingerprint density at radius 1 is 1.00 bits per heavy atom. The Bertz CT molecular complexity index is 307. The Balaban J connectivity index is 1.68. The van der Waals surface area contributed by atoms with E-state index in [1.807, 2.05) is 0 Å². The topological polar surface area (TPSA) is 32.5 Å². The normalized spacial score (nSPS) is 40.5. The molecule has 2 N–H and O–H groups in total. The lowest BCUT2D eigenvalue weighted by atomic mass is 9.76. The van der Waals surface area contributed by atoms with Crippen LogP contribution in [-0.4, -0.2) is 54.6 Å². The summed E-state index contributed by atoms with van der Waals surface area (Å²) in [5, 5.41) is 0. The van der Waals surface area contributed by atoms with Gasteiger partial charge in [-0.2, -0.15) is 0 Å². The summed E-state index contributed by atoms with van der Waals surface area (Å²) in [5.41, 5.74) is 6.10. The van der Waals surface area contributed by atoms with Crippen molar-refractivity contribution in [1.29, 1.82) is 0 Å². The van der Waals surface area contributed by atoms with Crippen LogP contribution in [0.2, 0.25) is 0 Å². The van der Waals surface area contributed by atoms with Gasteiger partial charge in [0.1, 0.15) is 0 Å². The fraction of sp³-hybridized carbons (Fsp3) is 1.00. The molecule has 2 aliphatic heterocycles. The Hall–Kier alpha value is -0.120. The van der Waals surface area contributed by atoms with Crippen LogP contribution in [0, 0.1) is 11.8 Å². The molecule has 1 saturated carbocycles. The zero-order valence-electron chi connectivity index (χ0n) is 13.3. The van der Waals surface area contributed by atoms with E-state index in [1.165, 1.54) is 71.1 Å². The minimum atomic E-state index is 0.755. The van der Waals surface area contributed by atoms with Gasteiger partial charge in [0.15, 0.2) is 0 Å². The number of hydrogen-bond donors (Lipinski definition) is 1. The average Bonchev–Trinajstić information content (AvgIpc) is 2.83. The van der Waals surface area contributed by atoms with E-state index in [9.17, 15) is 0 Å². The van der Waals surface area contributed by atoms with Crippen molar-refractivity contribution in [1.82, 2.24) is 9.80 Å². The Kier molecular flexibility index (Phi) is 5.00. The maximum absolute atomic E-state index is 6.10. The van der Waals surface area contributed by atoms with E-state index < -0.39 is 0 Å². The molecule has 3 nitrogen and oxygen atoms in total. The average molecular weight is 279 g/mol. The first-order valence-electron chi connectivity index (χ1n) is 9.00. The molecule has 20 heavy (non-hydrogen) atoms. The number of hydrogen-bond acceptors (Lipinski definition) is 3. The first-order chi connectivity index (χ1) is 9.81. The Labute approximate surface area is 124 Å². The molecule has 2 heterocycles. The molecule has 3 fully saturated rings. The zero-order valence-corrected chi connectivity index (χ0v) is 13.3. The van der Waals surface area contributed by atoms with E-state index in [0.29, 0.717) is 0 Å². The number of nitrogens with zero attached hydrogens (tertiary/aromatic N) is 2. The fourth-order valence-corrected chi connectivity index (χ4v) is 4.92. The maximum Gasteiger partial charge on any atom is 0.0223 e.